The minimum Gasteiger partial charge on any atom is -0.358 e. The number of nitrogens with zero attached hydrogens (tertiary/aromatic N) is 1. The molecule has 3 aromatic rings. The maximum absolute atomic E-state index is 13.1. The van der Waals surface area contributed by atoms with Crippen molar-refractivity contribution >= 4 is 28.8 Å². The lowest BCUT2D eigenvalue weighted by atomic mass is 10.1. The number of fused-ring (bicyclic) bond motifs is 1. The quantitative estimate of drug-likeness (QED) is 0.704. The normalized spacial score (nSPS) is 19.0. The number of hydrogen-bond acceptors (Lipinski definition) is 2. The highest BCUT2D eigenvalue weighted by atomic mass is 16.2. The number of aromatic amines is 1. The fraction of sp³-hybridized carbons (Fsp3) is 0.182. The largest absolute Gasteiger partial charge is 0.358 e. The Labute approximate surface area is 157 Å². The van der Waals surface area contributed by atoms with E-state index in [1.54, 1.807) is 17.9 Å². The predicted molar refractivity (Wildman–Crippen MR) is 106 cm³/mol. The van der Waals surface area contributed by atoms with Crippen LogP contribution in [0.3, 0.4) is 0 Å². The van der Waals surface area contributed by atoms with Crippen molar-refractivity contribution in [2.45, 2.75) is 26.4 Å². The molecule has 0 aliphatic carbocycles. The molecule has 1 aliphatic rings. The molecule has 1 saturated heterocycles. The van der Waals surface area contributed by atoms with Gasteiger partial charge in [0, 0.05) is 28.7 Å². The van der Waals surface area contributed by atoms with E-state index in [0.717, 1.165) is 27.7 Å². The molecule has 136 valence electrons. The van der Waals surface area contributed by atoms with Crippen molar-refractivity contribution in [1.82, 2.24) is 15.2 Å². The van der Waals surface area contributed by atoms with Crippen LogP contribution in [0.15, 0.2) is 60.3 Å². The second kappa shape index (κ2) is 6.76. The summed E-state index contributed by atoms with van der Waals surface area (Å²) in [7, 11) is 0. The molecule has 4 rings (SSSR count). The summed E-state index contributed by atoms with van der Waals surface area (Å²) in [5.41, 5.74) is 4.19. The number of amides is 2. The zero-order valence-electron chi connectivity index (χ0n) is 15.3. The zero-order valence-corrected chi connectivity index (χ0v) is 15.3. The van der Waals surface area contributed by atoms with E-state index in [1.807, 2.05) is 61.5 Å². The van der Waals surface area contributed by atoms with Crippen LogP contribution in [0.5, 0.6) is 0 Å². The number of aromatic nitrogens is 1. The number of H-pyrrole nitrogens is 1. The fourth-order valence-corrected chi connectivity index (χ4v) is 3.48. The highest BCUT2D eigenvalue weighted by Crippen LogP contribution is 2.26. The predicted octanol–water partition coefficient (Wildman–Crippen LogP) is 3.36. The number of carbonyl (C=O) groups is 2. The van der Waals surface area contributed by atoms with Crippen molar-refractivity contribution in [2.75, 3.05) is 0 Å². The van der Waals surface area contributed by atoms with E-state index < -0.39 is 6.04 Å². The number of hydrogen-bond donors (Lipinski definition) is 2. The van der Waals surface area contributed by atoms with Gasteiger partial charge in [0.15, 0.2) is 0 Å². The molecule has 2 heterocycles. The van der Waals surface area contributed by atoms with Gasteiger partial charge < -0.3 is 15.2 Å². The highest BCUT2D eigenvalue weighted by molar-refractivity contribution is 6.08. The third kappa shape index (κ3) is 3.12. The van der Waals surface area contributed by atoms with Crippen LogP contribution in [0, 0.1) is 6.92 Å². The maximum atomic E-state index is 13.1. The Morgan fingerprint density at radius 1 is 1.04 bits per heavy atom. The smallest absolute Gasteiger partial charge is 0.271 e. The average Bonchev–Trinajstić information content (AvgIpc) is 2.99. The number of nitrogens with one attached hydrogen (secondary N) is 2. The summed E-state index contributed by atoms with van der Waals surface area (Å²) in [4.78, 5) is 30.5. The van der Waals surface area contributed by atoms with Gasteiger partial charge in [0.25, 0.3) is 5.91 Å². The van der Waals surface area contributed by atoms with Gasteiger partial charge in [-0.15, -0.1) is 0 Å². The van der Waals surface area contributed by atoms with E-state index in [-0.39, 0.29) is 11.8 Å². The lowest BCUT2D eigenvalue weighted by Crippen LogP contribution is -2.55. The third-order valence-corrected chi connectivity index (χ3v) is 5.02. The second-order valence-electron chi connectivity index (χ2n) is 6.85. The van der Waals surface area contributed by atoms with Crippen molar-refractivity contribution in [3.8, 4) is 0 Å². The molecular formula is C22H21N3O2. The van der Waals surface area contributed by atoms with Gasteiger partial charge in [0.05, 0.1) is 0 Å². The summed E-state index contributed by atoms with van der Waals surface area (Å²) < 4.78 is 0. The van der Waals surface area contributed by atoms with Crippen LogP contribution >= 0.6 is 0 Å². The maximum Gasteiger partial charge on any atom is 0.271 e. The lowest BCUT2D eigenvalue weighted by molar-refractivity contribution is -0.142. The summed E-state index contributed by atoms with van der Waals surface area (Å²) in [6, 6.07) is 17.1. The average molecular weight is 359 g/mol. The first kappa shape index (κ1) is 17.1. The van der Waals surface area contributed by atoms with Gasteiger partial charge in [-0.1, -0.05) is 48.5 Å². The monoisotopic (exact) mass is 359 g/mol. The van der Waals surface area contributed by atoms with Crippen LogP contribution in [0.2, 0.25) is 0 Å². The van der Waals surface area contributed by atoms with Crippen molar-refractivity contribution in [3.63, 3.8) is 0 Å². The zero-order chi connectivity index (χ0) is 19.0. The summed E-state index contributed by atoms with van der Waals surface area (Å²) in [5, 5.41) is 3.80. The number of aryl methyl sites for hydroxylation is 1. The second-order valence-corrected chi connectivity index (χ2v) is 6.85. The first-order chi connectivity index (χ1) is 13.0. The molecule has 0 radical (unpaired) electrons. The van der Waals surface area contributed by atoms with Gasteiger partial charge in [-0.05, 0) is 31.6 Å². The highest BCUT2D eigenvalue weighted by Gasteiger charge is 2.34. The van der Waals surface area contributed by atoms with Gasteiger partial charge >= 0.3 is 0 Å². The van der Waals surface area contributed by atoms with Gasteiger partial charge in [-0.2, -0.15) is 0 Å². The Balaban J connectivity index is 1.72. The van der Waals surface area contributed by atoms with Crippen LogP contribution in [-0.2, 0) is 16.1 Å². The Bertz CT molecular complexity index is 1050. The molecule has 2 aromatic carbocycles. The summed E-state index contributed by atoms with van der Waals surface area (Å²) in [6.07, 6.45) is 1.78. The number of rotatable bonds is 3. The molecule has 0 saturated carbocycles. The molecule has 0 unspecified atom stereocenters. The SMILES string of the molecule is Cc1[nH]c2ccccc2c1/C=C1\NC(=O)[C@H](C)N(Cc2ccccc2)C1=O. The van der Waals surface area contributed by atoms with Crippen molar-refractivity contribution < 1.29 is 9.59 Å². The van der Waals surface area contributed by atoms with Gasteiger partial charge in [-0.3, -0.25) is 9.59 Å². The molecule has 2 N–H and O–H groups in total. The van der Waals surface area contributed by atoms with Gasteiger partial charge in [-0.25, -0.2) is 0 Å². The van der Waals surface area contributed by atoms with Crippen LogP contribution in [0.1, 0.15) is 23.7 Å². The van der Waals surface area contributed by atoms with E-state index in [9.17, 15) is 9.59 Å². The van der Waals surface area contributed by atoms with Crippen LogP contribution in [0.25, 0.3) is 17.0 Å². The molecule has 2 amide bonds. The molecule has 27 heavy (non-hydrogen) atoms. The Morgan fingerprint density at radius 3 is 2.52 bits per heavy atom. The molecule has 5 heteroatoms. The van der Waals surface area contributed by atoms with Gasteiger partial charge in [0.2, 0.25) is 5.91 Å². The van der Waals surface area contributed by atoms with Crippen LogP contribution in [-0.4, -0.2) is 27.7 Å². The van der Waals surface area contributed by atoms with E-state index in [2.05, 4.69) is 10.3 Å². The topological polar surface area (TPSA) is 65.2 Å². The number of carbonyl (C=O) groups excluding carboxylic acids is 2. The van der Waals surface area contributed by atoms with Crippen LogP contribution < -0.4 is 5.32 Å². The first-order valence-electron chi connectivity index (χ1n) is 8.99. The minimum absolute atomic E-state index is 0.171. The molecule has 5 nitrogen and oxygen atoms in total. The van der Waals surface area contributed by atoms with Gasteiger partial charge in [0.1, 0.15) is 11.7 Å². The Kier molecular flexibility index (Phi) is 4.28. The Morgan fingerprint density at radius 2 is 1.74 bits per heavy atom. The lowest BCUT2D eigenvalue weighted by Gasteiger charge is -2.34. The summed E-state index contributed by atoms with van der Waals surface area (Å²) in [6.45, 7) is 4.12. The molecule has 0 bridgehead atoms. The third-order valence-electron chi connectivity index (χ3n) is 5.02. The summed E-state index contributed by atoms with van der Waals surface area (Å²) >= 11 is 0. The minimum atomic E-state index is -0.515. The molecule has 1 fully saturated rings. The Hall–Kier alpha value is -3.34. The van der Waals surface area contributed by atoms with E-state index in [1.165, 1.54) is 0 Å². The van der Waals surface area contributed by atoms with Crippen molar-refractivity contribution in [1.29, 1.82) is 0 Å². The first-order valence-corrected chi connectivity index (χ1v) is 8.99. The van der Waals surface area contributed by atoms with Crippen molar-refractivity contribution in [2.24, 2.45) is 0 Å². The molecular weight excluding hydrogens is 338 g/mol. The van der Waals surface area contributed by atoms with Crippen molar-refractivity contribution in [3.05, 3.63) is 77.1 Å². The molecule has 1 aliphatic heterocycles. The number of piperazine rings is 1. The number of benzene rings is 2. The van der Waals surface area contributed by atoms with E-state index >= 15 is 0 Å². The molecule has 1 atom stereocenters. The summed E-state index contributed by atoms with van der Waals surface area (Å²) in [5.74, 6) is -0.343. The standard InChI is InChI=1S/C22H21N3O2/c1-14-18(17-10-6-7-11-19(17)23-14)12-20-22(27)25(15(2)21(26)24-20)13-16-8-4-3-5-9-16/h3-12,15,23H,13H2,1-2H3,(H,24,26)/b20-12-/t15-/m0/s1. The van der Waals surface area contributed by atoms with E-state index in [4.69, 9.17) is 0 Å². The van der Waals surface area contributed by atoms with E-state index in [0.29, 0.717) is 12.2 Å². The molecule has 1 aromatic heterocycles. The fourth-order valence-electron chi connectivity index (χ4n) is 3.48. The van der Waals surface area contributed by atoms with Crippen LogP contribution in [0.4, 0.5) is 0 Å². The molecule has 0 spiro atoms. The number of para-hydroxylation sites is 1.